The van der Waals surface area contributed by atoms with Crippen LogP contribution < -0.4 is 5.73 Å². The second-order valence-corrected chi connectivity index (χ2v) is 4.33. The fraction of sp³-hybridized carbons (Fsp3) is 0.900. The summed E-state index contributed by atoms with van der Waals surface area (Å²) in [6.07, 6.45) is 4.14. The van der Waals surface area contributed by atoms with Crippen molar-refractivity contribution in [3.8, 4) is 0 Å². The van der Waals surface area contributed by atoms with Crippen molar-refractivity contribution in [2.75, 3.05) is 19.8 Å². The van der Waals surface area contributed by atoms with Crippen molar-refractivity contribution >= 4 is 5.97 Å². The summed E-state index contributed by atoms with van der Waals surface area (Å²) in [5, 5.41) is 0. The van der Waals surface area contributed by atoms with Gasteiger partial charge in [-0.15, -0.1) is 0 Å². The molecule has 2 fully saturated rings. The first-order valence-electron chi connectivity index (χ1n) is 5.24. The van der Waals surface area contributed by atoms with Gasteiger partial charge in [0.25, 0.3) is 0 Å². The van der Waals surface area contributed by atoms with Gasteiger partial charge in [0.2, 0.25) is 0 Å². The molecule has 0 bridgehead atoms. The zero-order valence-corrected chi connectivity index (χ0v) is 8.33. The number of carbonyl (C=O) groups excluding carboxylic acids is 1. The molecule has 1 aliphatic heterocycles. The molecule has 0 aromatic rings. The highest BCUT2D eigenvalue weighted by molar-refractivity contribution is 5.81. The van der Waals surface area contributed by atoms with E-state index >= 15 is 0 Å². The average molecular weight is 199 g/mol. The molecule has 2 N–H and O–H groups in total. The van der Waals surface area contributed by atoms with Gasteiger partial charge in [0.05, 0.1) is 13.2 Å². The van der Waals surface area contributed by atoms with Crippen LogP contribution in [0.2, 0.25) is 0 Å². The first kappa shape index (κ1) is 9.93. The Morgan fingerprint density at radius 3 is 2.93 bits per heavy atom. The van der Waals surface area contributed by atoms with E-state index in [4.69, 9.17) is 15.2 Å². The molecule has 1 atom stereocenters. The molecule has 2 aliphatic rings. The fourth-order valence-corrected chi connectivity index (χ4v) is 1.61. The summed E-state index contributed by atoms with van der Waals surface area (Å²) in [6, 6.07) is 0. The molecule has 1 saturated carbocycles. The van der Waals surface area contributed by atoms with Crippen molar-refractivity contribution in [2.45, 2.75) is 31.2 Å². The average Bonchev–Trinajstić information content (AvgIpc) is 2.88. The second-order valence-electron chi connectivity index (χ2n) is 4.33. The third kappa shape index (κ3) is 2.25. The zero-order valence-electron chi connectivity index (χ0n) is 8.33. The third-order valence-electron chi connectivity index (χ3n) is 2.91. The summed E-state index contributed by atoms with van der Waals surface area (Å²) in [7, 11) is 0. The molecule has 0 radical (unpaired) electrons. The normalized spacial score (nSPS) is 31.8. The lowest BCUT2D eigenvalue weighted by Crippen LogP contribution is -2.49. The summed E-state index contributed by atoms with van der Waals surface area (Å²) >= 11 is 0. The Balaban J connectivity index is 1.70. The van der Waals surface area contributed by atoms with Crippen LogP contribution in [0, 0.1) is 5.92 Å². The summed E-state index contributed by atoms with van der Waals surface area (Å²) in [5.74, 6) is 0.493. The van der Waals surface area contributed by atoms with Gasteiger partial charge in [0, 0.05) is 13.0 Å². The van der Waals surface area contributed by atoms with Crippen LogP contribution >= 0.6 is 0 Å². The van der Waals surface area contributed by atoms with Gasteiger partial charge in [0.1, 0.15) is 5.54 Å². The lowest BCUT2D eigenvalue weighted by Gasteiger charge is -2.19. The molecule has 0 spiro atoms. The molecule has 0 amide bonds. The quantitative estimate of drug-likeness (QED) is 0.668. The first-order valence-corrected chi connectivity index (χ1v) is 5.24. The molecule has 0 aromatic carbocycles. The van der Waals surface area contributed by atoms with E-state index in [1.54, 1.807) is 0 Å². The molecule has 1 saturated heterocycles. The van der Waals surface area contributed by atoms with E-state index in [1.165, 1.54) is 12.8 Å². The lowest BCUT2D eigenvalue weighted by atomic mass is 10.0. The number of esters is 1. The van der Waals surface area contributed by atoms with Gasteiger partial charge < -0.3 is 15.2 Å². The molecular formula is C10H17NO3. The number of ether oxygens (including phenoxy) is 2. The maximum Gasteiger partial charge on any atom is 0.328 e. The molecule has 80 valence electrons. The highest BCUT2D eigenvalue weighted by atomic mass is 16.5. The van der Waals surface area contributed by atoms with Crippen molar-refractivity contribution in [3.63, 3.8) is 0 Å². The van der Waals surface area contributed by atoms with Crippen molar-refractivity contribution in [3.05, 3.63) is 0 Å². The number of hydrogen-bond donors (Lipinski definition) is 1. The summed E-state index contributed by atoms with van der Waals surface area (Å²) in [6.45, 7) is 1.38. The minimum atomic E-state index is -0.871. The molecule has 4 nitrogen and oxygen atoms in total. The predicted octanol–water partition coefficient (Wildman–Crippen LogP) is 0.447. The van der Waals surface area contributed by atoms with Crippen LogP contribution in [-0.4, -0.2) is 31.3 Å². The summed E-state index contributed by atoms with van der Waals surface area (Å²) in [5.41, 5.74) is 4.96. The van der Waals surface area contributed by atoms with E-state index in [0.717, 1.165) is 12.3 Å². The summed E-state index contributed by atoms with van der Waals surface area (Å²) in [4.78, 5) is 11.5. The SMILES string of the molecule is NC1(C(=O)OCCC2CC2)CCOC1. The van der Waals surface area contributed by atoms with Crippen LogP contribution in [0.3, 0.4) is 0 Å². The van der Waals surface area contributed by atoms with Gasteiger partial charge in [-0.05, 0) is 12.3 Å². The van der Waals surface area contributed by atoms with Crippen LogP contribution in [0.15, 0.2) is 0 Å². The number of carbonyl (C=O) groups is 1. The van der Waals surface area contributed by atoms with Crippen molar-refractivity contribution in [2.24, 2.45) is 11.7 Å². The smallest absolute Gasteiger partial charge is 0.328 e. The Bertz CT molecular complexity index is 219. The van der Waals surface area contributed by atoms with E-state index in [1.807, 2.05) is 0 Å². The maximum absolute atomic E-state index is 11.5. The van der Waals surface area contributed by atoms with Gasteiger partial charge in [-0.25, -0.2) is 4.79 Å². The van der Waals surface area contributed by atoms with Crippen molar-refractivity contribution < 1.29 is 14.3 Å². The number of rotatable bonds is 4. The molecule has 2 rings (SSSR count). The van der Waals surface area contributed by atoms with Gasteiger partial charge in [-0.2, -0.15) is 0 Å². The standard InChI is InChI=1S/C10H17NO3/c11-10(4-6-13-7-10)9(12)14-5-3-8-1-2-8/h8H,1-7,11H2. The van der Waals surface area contributed by atoms with Gasteiger partial charge in [-0.1, -0.05) is 12.8 Å². The van der Waals surface area contributed by atoms with E-state index in [-0.39, 0.29) is 5.97 Å². The number of nitrogens with two attached hydrogens (primary N) is 1. The molecule has 1 aliphatic carbocycles. The number of hydrogen-bond acceptors (Lipinski definition) is 4. The van der Waals surface area contributed by atoms with E-state index in [0.29, 0.717) is 26.2 Å². The first-order chi connectivity index (χ1) is 6.71. The largest absolute Gasteiger partial charge is 0.464 e. The van der Waals surface area contributed by atoms with Gasteiger partial charge >= 0.3 is 5.97 Å². The van der Waals surface area contributed by atoms with Crippen LogP contribution in [0.1, 0.15) is 25.7 Å². The van der Waals surface area contributed by atoms with Gasteiger partial charge in [-0.3, -0.25) is 0 Å². The lowest BCUT2D eigenvalue weighted by molar-refractivity contribution is -0.150. The monoisotopic (exact) mass is 199 g/mol. The Hall–Kier alpha value is -0.610. The highest BCUT2D eigenvalue weighted by Gasteiger charge is 2.39. The topological polar surface area (TPSA) is 61.6 Å². The van der Waals surface area contributed by atoms with Crippen LogP contribution in [0.5, 0.6) is 0 Å². The van der Waals surface area contributed by atoms with Crippen LogP contribution in [0.25, 0.3) is 0 Å². The zero-order chi connectivity index (χ0) is 10.0. The third-order valence-corrected chi connectivity index (χ3v) is 2.91. The van der Waals surface area contributed by atoms with Crippen molar-refractivity contribution in [1.82, 2.24) is 0 Å². The molecule has 0 aromatic heterocycles. The van der Waals surface area contributed by atoms with E-state index in [2.05, 4.69) is 0 Å². The van der Waals surface area contributed by atoms with E-state index in [9.17, 15) is 4.79 Å². The van der Waals surface area contributed by atoms with Crippen LogP contribution in [0.4, 0.5) is 0 Å². The molecule has 14 heavy (non-hydrogen) atoms. The minimum Gasteiger partial charge on any atom is -0.464 e. The Morgan fingerprint density at radius 2 is 2.36 bits per heavy atom. The highest BCUT2D eigenvalue weighted by Crippen LogP contribution is 2.32. The van der Waals surface area contributed by atoms with E-state index < -0.39 is 5.54 Å². The second kappa shape index (κ2) is 3.87. The fourth-order valence-electron chi connectivity index (χ4n) is 1.61. The molecule has 1 unspecified atom stereocenters. The predicted molar refractivity (Wildman–Crippen MR) is 50.7 cm³/mol. The summed E-state index contributed by atoms with van der Waals surface area (Å²) < 4.78 is 10.2. The minimum absolute atomic E-state index is 0.296. The van der Waals surface area contributed by atoms with Crippen molar-refractivity contribution in [1.29, 1.82) is 0 Å². The molecule has 4 heteroatoms. The van der Waals surface area contributed by atoms with Gasteiger partial charge in [0.15, 0.2) is 0 Å². The molecule has 1 heterocycles. The van der Waals surface area contributed by atoms with Crippen LogP contribution in [-0.2, 0) is 14.3 Å². The Kier molecular flexibility index (Phi) is 2.74. The maximum atomic E-state index is 11.5. The Morgan fingerprint density at radius 1 is 1.57 bits per heavy atom. The Labute approximate surface area is 83.7 Å². The molecular weight excluding hydrogens is 182 g/mol.